The van der Waals surface area contributed by atoms with E-state index in [9.17, 15) is 16.8 Å². The van der Waals surface area contributed by atoms with Crippen LogP contribution in [0.25, 0.3) is 0 Å². The molecule has 1 saturated heterocycles. The molecule has 2 N–H and O–H groups in total. The van der Waals surface area contributed by atoms with E-state index >= 15 is 0 Å². The molecule has 0 bridgehead atoms. The smallest absolute Gasteiger partial charge is 0.238 e. The van der Waals surface area contributed by atoms with Crippen LogP contribution in [-0.4, -0.2) is 41.4 Å². The highest BCUT2D eigenvalue weighted by atomic mass is 32.2. The van der Waals surface area contributed by atoms with Crippen LogP contribution < -0.4 is 10.0 Å². The van der Waals surface area contributed by atoms with Crippen LogP contribution in [0.1, 0.15) is 0 Å². The van der Waals surface area contributed by atoms with Crippen molar-refractivity contribution in [1.82, 2.24) is 0 Å². The molecule has 1 fully saturated rings. The van der Waals surface area contributed by atoms with E-state index in [1.807, 2.05) is 4.90 Å². The summed E-state index contributed by atoms with van der Waals surface area (Å²) in [6.07, 6.45) is 0. The molecule has 1 heterocycles. The summed E-state index contributed by atoms with van der Waals surface area (Å²) >= 11 is 0. The fraction of sp³-hybridized carbons (Fsp3) is 0.400. The van der Waals surface area contributed by atoms with E-state index in [2.05, 4.69) is 0 Å². The highest BCUT2D eigenvalue weighted by Gasteiger charge is 2.21. The lowest BCUT2D eigenvalue weighted by atomic mass is 10.3. The van der Waals surface area contributed by atoms with Gasteiger partial charge >= 0.3 is 0 Å². The summed E-state index contributed by atoms with van der Waals surface area (Å²) in [5, 5.41) is 5.00. The van der Waals surface area contributed by atoms with E-state index in [0.29, 0.717) is 13.1 Å². The minimum atomic E-state index is -3.68. The summed E-state index contributed by atoms with van der Waals surface area (Å²) in [6, 6.07) is 6.12. The molecule has 0 saturated carbocycles. The van der Waals surface area contributed by atoms with E-state index < -0.39 is 19.9 Å². The summed E-state index contributed by atoms with van der Waals surface area (Å²) < 4.78 is 44.8. The van der Waals surface area contributed by atoms with Gasteiger partial charge in [0.1, 0.15) is 0 Å². The first-order valence-electron chi connectivity index (χ1n) is 5.36. The van der Waals surface area contributed by atoms with Crippen LogP contribution in [0, 0.1) is 0 Å². The van der Waals surface area contributed by atoms with Gasteiger partial charge in [0.2, 0.25) is 10.0 Å². The molecule has 100 valence electrons. The second kappa shape index (κ2) is 4.52. The van der Waals surface area contributed by atoms with Crippen LogP contribution in [0.4, 0.5) is 5.69 Å². The lowest BCUT2D eigenvalue weighted by Crippen LogP contribution is -2.40. The van der Waals surface area contributed by atoms with Gasteiger partial charge in [-0.1, -0.05) is 0 Å². The largest absolute Gasteiger partial charge is 0.369 e. The molecular formula is C10H14N2O4S2. The van der Waals surface area contributed by atoms with Crippen molar-refractivity contribution in [2.24, 2.45) is 5.14 Å². The van der Waals surface area contributed by atoms with Gasteiger partial charge in [0, 0.05) is 18.8 Å². The zero-order valence-electron chi connectivity index (χ0n) is 9.61. The van der Waals surface area contributed by atoms with Crippen molar-refractivity contribution < 1.29 is 16.8 Å². The monoisotopic (exact) mass is 290 g/mol. The quantitative estimate of drug-likeness (QED) is 0.797. The van der Waals surface area contributed by atoms with E-state index in [0.717, 1.165) is 5.69 Å². The second-order valence-corrected chi connectivity index (χ2v) is 8.04. The first-order valence-corrected chi connectivity index (χ1v) is 8.73. The molecule has 1 aromatic rings. The zero-order valence-corrected chi connectivity index (χ0v) is 11.2. The van der Waals surface area contributed by atoms with Gasteiger partial charge in [-0.3, -0.25) is 0 Å². The number of primary sulfonamides is 1. The molecule has 0 amide bonds. The van der Waals surface area contributed by atoms with Crippen LogP contribution in [0.15, 0.2) is 29.2 Å². The van der Waals surface area contributed by atoms with Crippen molar-refractivity contribution >= 4 is 25.5 Å². The first-order chi connectivity index (χ1) is 8.28. The van der Waals surface area contributed by atoms with Gasteiger partial charge in [0.05, 0.1) is 16.4 Å². The summed E-state index contributed by atoms with van der Waals surface area (Å²) in [5.74, 6) is 0.258. The van der Waals surface area contributed by atoms with Crippen LogP contribution in [0.5, 0.6) is 0 Å². The number of hydrogen-bond acceptors (Lipinski definition) is 5. The van der Waals surface area contributed by atoms with E-state index in [-0.39, 0.29) is 16.4 Å². The molecule has 0 aliphatic carbocycles. The standard InChI is InChI=1S/C10H14N2O4S2/c11-18(15,16)10-3-1-9(2-4-10)12-5-7-17(13,14)8-6-12/h1-4H,5-8H2,(H2,11,15,16). The van der Waals surface area contributed by atoms with Crippen molar-refractivity contribution in [1.29, 1.82) is 0 Å². The molecule has 2 rings (SSSR count). The van der Waals surface area contributed by atoms with Crippen LogP contribution in [-0.2, 0) is 19.9 Å². The summed E-state index contributed by atoms with van der Waals surface area (Å²) in [7, 11) is -6.60. The fourth-order valence-corrected chi connectivity index (χ4v) is 3.53. The molecule has 0 atom stereocenters. The highest BCUT2D eigenvalue weighted by molar-refractivity contribution is 7.91. The van der Waals surface area contributed by atoms with Gasteiger partial charge in [0.15, 0.2) is 9.84 Å². The Balaban J connectivity index is 2.17. The number of anilines is 1. The highest BCUT2D eigenvalue weighted by Crippen LogP contribution is 2.19. The minimum Gasteiger partial charge on any atom is -0.369 e. The third-order valence-corrected chi connectivity index (χ3v) is 5.41. The average Bonchev–Trinajstić information content (AvgIpc) is 2.28. The molecule has 0 aromatic heterocycles. The van der Waals surface area contributed by atoms with Gasteiger partial charge in [-0.15, -0.1) is 0 Å². The lowest BCUT2D eigenvalue weighted by Gasteiger charge is -2.28. The number of benzene rings is 1. The fourth-order valence-electron chi connectivity index (χ4n) is 1.82. The van der Waals surface area contributed by atoms with Crippen molar-refractivity contribution in [3.63, 3.8) is 0 Å². The third-order valence-electron chi connectivity index (χ3n) is 2.87. The lowest BCUT2D eigenvalue weighted by molar-refractivity contribution is 0.586. The first kappa shape index (κ1) is 13.3. The molecule has 0 spiro atoms. The molecule has 1 aliphatic rings. The van der Waals surface area contributed by atoms with E-state index in [1.54, 1.807) is 12.1 Å². The van der Waals surface area contributed by atoms with Crippen LogP contribution >= 0.6 is 0 Å². The van der Waals surface area contributed by atoms with Gasteiger partial charge in [-0.25, -0.2) is 22.0 Å². The second-order valence-electron chi connectivity index (χ2n) is 4.18. The van der Waals surface area contributed by atoms with Crippen LogP contribution in [0.2, 0.25) is 0 Å². The Morgan fingerprint density at radius 3 is 2.00 bits per heavy atom. The Kier molecular flexibility index (Phi) is 3.35. The number of nitrogens with zero attached hydrogens (tertiary/aromatic N) is 1. The zero-order chi connectivity index (χ0) is 13.4. The number of rotatable bonds is 2. The topological polar surface area (TPSA) is 97.5 Å². The normalized spacial score (nSPS) is 19.7. The predicted octanol–water partition coefficient (Wildman–Crippen LogP) is -0.431. The van der Waals surface area contributed by atoms with Crippen molar-refractivity contribution in [2.75, 3.05) is 29.5 Å². The van der Waals surface area contributed by atoms with Gasteiger partial charge in [-0.05, 0) is 24.3 Å². The Morgan fingerprint density at radius 1 is 1.06 bits per heavy atom. The molecular weight excluding hydrogens is 276 g/mol. The van der Waals surface area contributed by atoms with Crippen molar-refractivity contribution in [3.8, 4) is 0 Å². The molecule has 0 radical (unpaired) electrons. The SMILES string of the molecule is NS(=O)(=O)c1ccc(N2CCS(=O)(=O)CC2)cc1. The maximum absolute atomic E-state index is 11.3. The van der Waals surface area contributed by atoms with Gasteiger partial charge in [0.25, 0.3) is 0 Å². The Hall–Kier alpha value is -1.12. The Labute approximate surface area is 106 Å². The molecule has 8 heteroatoms. The predicted molar refractivity (Wildman–Crippen MR) is 68.7 cm³/mol. The van der Waals surface area contributed by atoms with Crippen LogP contribution in [0.3, 0.4) is 0 Å². The molecule has 0 unspecified atom stereocenters. The summed E-state index contributed by atoms with van der Waals surface area (Å²) in [5.41, 5.74) is 0.803. The van der Waals surface area contributed by atoms with E-state index in [1.165, 1.54) is 12.1 Å². The molecule has 6 nitrogen and oxygen atoms in total. The summed E-state index contributed by atoms with van der Waals surface area (Å²) in [4.78, 5) is 1.96. The molecule has 18 heavy (non-hydrogen) atoms. The average molecular weight is 290 g/mol. The number of nitrogens with two attached hydrogens (primary N) is 1. The summed E-state index contributed by atoms with van der Waals surface area (Å²) in [6.45, 7) is 0.855. The van der Waals surface area contributed by atoms with Gasteiger partial charge < -0.3 is 4.90 Å². The van der Waals surface area contributed by atoms with E-state index in [4.69, 9.17) is 5.14 Å². The minimum absolute atomic E-state index is 0.0517. The van der Waals surface area contributed by atoms with Crippen molar-refractivity contribution in [2.45, 2.75) is 4.90 Å². The Morgan fingerprint density at radius 2 is 1.56 bits per heavy atom. The van der Waals surface area contributed by atoms with Crippen molar-refractivity contribution in [3.05, 3.63) is 24.3 Å². The maximum atomic E-state index is 11.3. The number of hydrogen-bond donors (Lipinski definition) is 1. The maximum Gasteiger partial charge on any atom is 0.238 e. The molecule has 1 aliphatic heterocycles. The van der Waals surface area contributed by atoms with Gasteiger partial charge in [-0.2, -0.15) is 0 Å². The number of sulfone groups is 1. The molecule has 1 aromatic carbocycles. The third kappa shape index (κ3) is 3.01. The Bertz CT molecular complexity index is 621. The number of sulfonamides is 1.